The molecular formula is C39H51Cl2N7O6. The van der Waals surface area contributed by atoms with Crippen molar-refractivity contribution in [3.05, 3.63) is 71.3 Å². The molecule has 2 saturated heterocycles. The number of hydrogen-bond acceptors (Lipinski definition) is 9. The number of anilines is 3. The zero-order valence-corrected chi connectivity index (χ0v) is 33.0. The van der Waals surface area contributed by atoms with Gasteiger partial charge >= 0.3 is 0 Å². The molecule has 2 aliphatic heterocycles. The Labute approximate surface area is 329 Å². The second-order valence-electron chi connectivity index (χ2n) is 13.4. The van der Waals surface area contributed by atoms with E-state index in [0.29, 0.717) is 71.7 Å². The van der Waals surface area contributed by atoms with Crippen LogP contribution in [0.5, 0.6) is 11.5 Å². The minimum absolute atomic E-state index is 0. The van der Waals surface area contributed by atoms with Crippen LogP contribution in [0.4, 0.5) is 17.3 Å². The van der Waals surface area contributed by atoms with E-state index in [4.69, 9.17) is 19.2 Å². The number of imidazole rings is 1. The Balaban J connectivity index is 0.00000325. The molecule has 15 heteroatoms. The number of para-hydroxylation sites is 1. The van der Waals surface area contributed by atoms with E-state index < -0.39 is 0 Å². The third-order valence-corrected chi connectivity index (χ3v) is 9.68. The summed E-state index contributed by atoms with van der Waals surface area (Å²) in [4.78, 5) is 55.8. The number of nitrogens with one attached hydrogen (secondary N) is 2. The predicted octanol–water partition coefficient (Wildman–Crippen LogP) is 5.80. The van der Waals surface area contributed by atoms with Crippen molar-refractivity contribution in [2.24, 2.45) is 0 Å². The number of morpholine rings is 1. The lowest BCUT2D eigenvalue weighted by atomic mass is 10.1. The summed E-state index contributed by atoms with van der Waals surface area (Å²) < 4.78 is 17.3. The molecule has 0 radical (unpaired) electrons. The number of amides is 3. The number of halogens is 2. The predicted molar refractivity (Wildman–Crippen MR) is 217 cm³/mol. The number of aromatic nitrogens is 2. The second-order valence-corrected chi connectivity index (χ2v) is 13.4. The van der Waals surface area contributed by atoms with Crippen LogP contribution in [0.15, 0.2) is 54.6 Å². The van der Waals surface area contributed by atoms with Crippen molar-refractivity contribution in [2.45, 2.75) is 32.6 Å². The monoisotopic (exact) mass is 783 g/mol. The van der Waals surface area contributed by atoms with E-state index >= 15 is 0 Å². The highest BCUT2D eigenvalue weighted by molar-refractivity contribution is 6.13. The molecule has 0 saturated carbocycles. The molecule has 0 unspecified atom stereocenters. The van der Waals surface area contributed by atoms with Gasteiger partial charge in [-0.05, 0) is 81.3 Å². The Hall–Kier alpha value is -4.56. The molecule has 2 fully saturated rings. The Kier molecular flexibility index (Phi) is 15.4. The van der Waals surface area contributed by atoms with Gasteiger partial charge in [-0.3, -0.25) is 14.4 Å². The normalized spacial score (nSPS) is 14.5. The Morgan fingerprint density at radius 3 is 2.43 bits per heavy atom. The van der Waals surface area contributed by atoms with Crippen LogP contribution in [0.25, 0.3) is 11.0 Å². The van der Waals surface area contributed by atoms with Gasteiger partial charge in [0.25, 0.3) is 11.8 Å². The Morgan fingerprint density at radius 1 is 0.926 bits per heavy atom. The number of rotatable bonds is 13. The number of hydrogen-bond donors (Lipinski definition) is 2. The van der Waals surface area contributed by atoms with Crippen molar-refractivity contribution < 1.29 is 28.6 Å². The molecule has 54 heavy (non-hydrogen) atoms. The van der Waals surface area contributed by atoms with Gasteiger partial charge in [0.1, 0.15) is 17.0 Å². The fourth-order valence-corrected chi connectivity index (χ4v) is 6.51. The summed E-state index contributed by atoms with van der Waals surface area (Å²) >= 11 is 0. The number of carbonyl (C=O) groups is 3. The highest BCUT2D eigenvalue weighted by atomic mass is 35.5. The summed E-state index contributed by atoms with van der Waals surface area (Å²) in [6.07, 6.45) is 3.05. The topological polar surface area (TPSA) is 133 Å². The van der Waals surface area contributed by atoms with Crippen molar-refractivity contribution in [3.63, 3.8) is 0 Å². The summed E-state index contributed by atoms with van der Waals surface area (Å²) in [6, 6.07) is 16.2. The van der Waals surface area contributed by atoms with Crippen LogP contribution in [0, 0.1) is 6.92 Å². The fraction of sp³-hybridized carbons (Fsp3) is 0.436. The highest BCUT2D eigenvalue weighted by Crippen LogP contribution is 2.32. The SMILES string of the molecule is COc1cc(C(=O)N(C)c2ccc(C)cc2OCCCCCC(=O)N2CCN(C)CC2)ccc1NC(=O)c1cccc2[nH]c(N3CCOCC3)nc12.Cl.Cl. The Bertz CT molecular complexity index is 1890. The Morgan fingerprint density at radius 2 is 1.69 bits per heavy atom. The van der Waals surface area contributed by atoms with Gasteiger partial charge < -0.3 is 44.1 Å². The van der Waals surface area contributed by atoms with Crippen molar-refractivity contribution in [2.75, 3.05) is 95.4 Å². The first kappa shape index (κ1) is 42.2. The lowest BCUT2D eigenvalue weighted by Crippen LogP contribution is -2.47. The summed E-state index contributed by atoms with van der Waals surface area (Å²) in [6.45, 7) is 8.60. The molecule has 1 aromatic heterocycles. The molecule has 0 spiro atoms. The average molecular weight is 785 g/mol. The number of piperazine rings is 1. The third-order valence-electron chi connectivity index (χ3n) is 9.68. The molecule has 0 bridgehead atoms. The number of benzene rings is 3. The van der Waals surface area contributed by atoms with Gasteiger partial charge in [-0.2, -0.15) is 0 Å². The maximum absolute atomic E-state index is 13.8. The van der Waals surface area contributed by atoms with Crippen molar-refractivity contribution >= 4 is 70.9 Å². The first-order chi connectivity index (χ1) is 25.2. The summed E-state index contributed by atoms with van der Waals surface area (Å²) in [5.74, 6) is 1.29. The van der Waals surface area contributed by atoms with Gasteiger partial charge in [0.05, 0.1) is 49.4 Å². The number of ether oxygens (including phenoxy) is 3. The maximum atomic E-state index is 13.8. The van der Waals surface area contributed by atoms with E-state index in [1.165, 1.54) is 7.11 Å². The lowest BCUT2D eigenvalue weighted by molar-refractivity contribution is -0.132. The maximum Gasteiger partial charge on any atom is 0.258 e. The molecule has 292 valence electrons. The number of methoxy groups -OCH3 is 1. The summed E-state index contributed by atoms with van der Waals surface area (Å²) in [5.41, 5.74) is 4.22. The van der Waals surface area contributed by atoms with Gasteiger partial charge in [0.15, 0.2) is 0 Å². The molecule has 13 nitrogen and oxygen atoms in total. The highest BCUT2D eigenvalue weighted by Gasteiger charge is 2.23. The zero-order valence-electron chi connectivity index (χ0n) is 31.4. The van der Waals surface area contributed by atoms with E-state index in [1.807, 2.05) is 42.2 Å². The first-order valence-electron chi connectivity index (χ1n) is 18.0. The molecule has 0 atom stereocenters. The molecule has 4 aromatic rings. The number of fused-ring (bicyclic) bond motifs is 1. The first-order valence-corrected chi connectivity index (χ1v) is 18.0. The number of aromatic amines is 1. The fourth-order valence-electron chi connectivity index (χ4n) is 6.51. The zero-order chi connectivity index (χ0) is 36.6. The van der Waals surface area contributed by atoms with E-state index in [-0.39, 0.29) is 42.5 Å². The van der Waals surface area contributed by atoms with Gasteiger partial charge in [-0.25, -0.2) is 4.98 Å². The molecule has 6 rings (SSSR count). The number of likely N-dealkylation sites (N-methyl/N-ethyl adjacent to an activating group) is 1. The van der Waals surface area contributed by atoms with Gasteiger partial charge in [0, 0.05) is 58.3 Å². The molecule has 3 amide bonds. The smallest absolute Gasteiger partial charge is 0.258 e. The van der Waals surface area contributed by atoms with Crippen LogP contribution in [0.1, 0.15) is 52.0 Å². The van der Waals surface area contributed by atoms with E-state index in [0.717, 1.165) is 69.6 Å². The minimum atomic E-state index is -0.344. The largest absolute Gasteiger partial charge is 0.495 e. The van der Waals surface area contributed by atoms with Gasteiger partial charge in [-0.1, -0.05) is 12.1 Å². The van der Waals surface area contributed by atoms with Crippen LogP contribution in [-0.2, 0) is 9.53 Å². The molecular weight excluding hydrogens is 733 g/mol. The number of unbranched alkanes of at least 4 members (excludes halogenated alkanes) is 2. The number of aryl methyl sites for hydroxylation is 1. The van der Waals surface area contributed by atoms with Crippen molar-refractivity contribution in [1.29, 1.82) is 0 Å². The molecule has 2 aliphatic rings. The second kappa shape index (κ2) is 19.7. The number of carbonyl (C=O) groups excluding carboxylic acids is 3. The van der Waals surface area contributed by atoms with Crippen molar-refractivity contribution in [3.8, 4) is 11.5 Å². The van der Waals surface area contributed by atoms with E-state index in [9.17, 15) is 14.4 Å². The third kappa shape index (κ3) is 10.1. The summed E-state index contributed by atoms with van der Waals surface area (Å²) in [7, 11) is 5.29. The lowest BCUT2D eigenvalue weighted by Gasteiger charge is -2.32. The van der Waals surface area contributed by atoms with Crippen molar-refractivity contribution in [1.82, 2.24) is 19.8 Å². The number of nitrogens with zero attached hydrogens (tertiary/aromatic N) is 5. The minimum Gasteiger partial charge on any atom is -0.495 e. The quantitative estimate of drug-likeness (QED) is 0.162. The number of H-pyrrole nitrogens is 1. The van der Waals surface area contributed by atoms with Crippen LogP contribution in [-0.4, -0.2) is 118 Å². The van der Waals surface area contributed by atoms with Crippen LogP contribution in [0.3, 0.4) is 0 Å². The van der Waals surface area contributed by atoms with Crippen LogP contribution < -0.4 is 24.6 Å². The van der Waals surface area contributed by atoms with Crippen LogP contribution in [0.2, 0.25) is 0 Å². The van der Waals surface area contributed by atoms with E-state index in [2.05, 4.69) is 27.1 Å². The van der Waals surface area contributed by atoms with E-state index in [1.54, 1.807) is 36.2 Å². The molecule has 0 aliphatic carbocycles. The molecule has 2 N–H and O–H groups in total. The average Bonchev–Trinajstić information content (AvgIpc) is 3.61. The summed E-state index contributed by atoms with van der Waals surface area (Å²) in [5, 5.41) is 2.94. The molecule has 3 aromatic carbocycles. The van der Waals surface area contributed by atoms with Gasteiger partial charge in [-0.15, -0.1) is 24.8 Å². The molecule has 3 heterocycles. The standard InChI is InChI=1S/C39H49N7O6.2ClH/c1-27-12-15-32(34(25-27)52-22-7-5-6-11-35(47)45-18-16-43(2)17-19-45)44(3)38(49)28-13-14-30(33(26-28)50-4)40-37(48)29-9-8-10-31-36(29)42-39(41-31)46-20-23-51-24-21-46;;/h8-10,12-15,25-26H,5-7,11,16-24H2,1-4H3,(H,40,48)(H,41,42);2*1H. The van der Waals surface area contributed by atoms with Crippen LogP contribution >= 0.6 is 24.8 Å². The van der Waals surface area contributed by atoms with Gasteiger partial charge in [0.2, 0.25) is 11.9 Å².